The van der Waals surface area contributed by atoms with Gasteiger partial charge < -0.3 is 10.1 Å². The van der Waals surface area contributed by atoms with Crippen molar-refractivity contribution in [3.8, 4) is 5.75 Å². The van der Waals surface area contributed by atoms with E-state index in [9.17, 15) is 4.79 Å². The Morgan fingerprint density at radius 2 is 1.86 bits per heavy atom. The second-order valence-corrected chi connectivity index (χ2v) is 5.65. The Morgan fingerprint density at radius 3 is 2.43 bits per heavy atom. The summed E-state index contributed by atoms with van der Waals surface area (Å²) in [4.78, 5) is 12.0. The van der Waals surface area contributed by atoms with Crippen molar-refractivity contribution < 1.29 is 9.53 Å². The molecular formula is C16H25N3O2. The van der Waals surface area contributed by atoms with Crippen molar-refractivity contribution in [1.29, 1.82) is 0 Å². The van der Waals surface area contributed by atoms with Crippen LogP contribution in [0.15, 0.2) is 24.3 Å². The molecule has 1 aromatic rings. The van der Waals surface area contributed by atoms with Crippen molar-refractivity contribution in [3.63, 3.8) is 0 Å². The molecule has 1 aliphatic rings. The number of nitrogens with zero attached hydrogens (tertiary/aromatic N) is 1. The molecule has 1 aliphatic heterocycles. The Labute approximate surface area is 126 Å². The minimum absolute atomic E-state index is 0.0369. The van der Waals surface area contributed by atoms with E-state index in [2.05, 4.69) is 29.6 Å². The van der Waals surface area contributed by atoms with Crippen LogP contribution in [0.2, 0.25) is 0 Å². The lowest BCUT2D eigenvalue weighted by atomic mass is 10.00. The van der Waals surface area contributed by atoms with Gasteiger partial charge >= 0.3 is 0 Å². The van der Waals surface area contributed by atoms with Crippen LogP contribution in [-0.4, -0.2) is 36.7 Å². The van der Waals surface area contributed by atoms with Crippen LogP contribution >= 0.6 is 0 Å². The molecule has 5 nitrogen and oxygen atoms in total. The van der Waals surface area contributed by atoms with Crippen LogP contribution < -0.4 is 15.5 Å². The van der Waals surface area contributed by atoms with E-state index >= 15 is 0 Å². The SMILES string of the molecule is COc1ccc(NC(=O)CNN2C(C)CCCC2C)cc1. The van der Waals surface area contributed by atoms with Crippen LogP contribution in [0, 0.1) is 0 Å². The van der Waals surface area contributed by atoms with Crippen molar-refractivity contribution in [1.82, 2.24) is 10.4 Å². The van der Waals surface area contributed by atoms with Gasteiger partial charge in [-0.2, -0.15) is 0 Å². The molecule has 0 aromatic heterocycles. The largest absolute Gasteiger partial charge is 0.497 e. The van der Waals surface area contributed by atoms with Gasteiger partial charge in [-0.1, -0.05) is 6.42 Å². The topological polar surface area (TPSA) is 53.6 Å². The van der Waals surface area contributed by atoms with E-state index in [1.165, 1.54) is 19.3 Å². The number of benzene rings is 1. The molecule has 2 atom stereocenters. The molecule has 0 bridgehead atoms. The van der Waals surface area contributed by atoms with Gasteiger partial charge in [-0.25, -0.2) is 10.4 Å². The van der Waals surface area contributed by atoms with Crippen LogP contribution in [-0.2, 0) is 4.79 Å². The summed E-state index contributed by atoms with van der Waals surface area (Å²) >= 11 is 0. The zero-order chi connectivity index (χ0) is 15.2. The molecule has 5 heteroatoms. The van der Waals surface area contributed by atoms with Crippen LogP contribution in [0.4, 0.5) is 5.69 Å². The quantitative estimate of drug-likeness (QED) is 0.874. The fourth-order valence-electron chi connectivity index (χ4n) is 2.78. The number of carbonyl (C=O) groups is 1. The molecule has 0 radical (unpaired) electrons. The highest BCUT2D eigenvalue weighted by atomic mass is 16.5. The van der Waals surface area contributed by atoms with E-state index in [-0.39, 0.29) is 5.91 Å². The van der Waals surface area contributed by atoms with Crippen LogP contribution in [0.3, 0.4) is 0 Å². The van der Waals surface area contributed by atoms with E-state index in [4.69, 9.17) is 4.74 Å². The maximum Gasteiger partial charge on any atom is 0.239 e. The molecule has 0 aliphatic carbocycles. The van der Waals surface area contributed by atoms with E-state index < -0.39 is 0 Å². The smallest absolute Gasteiger partial charge is 0.239 e. The van der Waals surface area contributed by atoms with Gasteiger partial charge in [-0.3, -0.25) is 4.79 Å². The van der Waals surface area contributed by atoms with Gasteiger partial charge in [0.2, 0.25) is 5.91 Å². The first kappa shape index (κ1) is 15.8. The molecule has 1 saturated heterocycles. The van der Waals surface area contributed by atoms with Gasteiger partial charge in [0.25, 0.3) is 0 Å². The fraction of sp³-hybridized carbons (Fsp3) is 0.562. The van der Waals surface area contributed by atoms with Crippen molar-refractivity contribution in [2.24, 2.45) is 0 Å². The van der Waals surface area contributed by atoms with Crippen molar-refractivity contribution >= 4 is 11.6 Å². The van der Waals surface area contributed by atoms with Gasteiger partial charge in [0.1, 0.15) is 5.75 Å². The Kier molecular flexibility index (Phi) is 5.59. The van der Waals surface area contributed by atoms with Gasteiger partial charge in [0, 0.05) is 17.8 Å². The predicted octanol–water partition coefficient (Wildman–Crippen LogP) is 2.40. The highest BCUT2D eigenvalue weighted by Gasteiger charge is 2.24. The third kappa shape index (κ3) is 4.44. The predicted molar refractivity (Wildman–Crippen MR) is 84.2 cm³/mol. The third-order valence-electron chi connectivity index (χ3n) is 3.99. The number of nitrogens with one attached hydrogen (secondary N) is 2. The maximum atomic E-state index is 12.0. The van der Waals surface area contributed by atoms with Crippen molar-refractivity contribution in [2.45, 2.75) is 45.2 Å². The number of amides is 1. The second kappa shape index (κ2) is 7.43. The minimum Gasteiger partial charge on any atom is -0.497 e. The molecule has 1 heterocycles. The number of piperidine rings is 1. The van der Waals surface area contributed by atoms with E-state index in [1.807, 2.05) is 24.3 Å². The summed E-state index contributed by atoms with van der Waals surface area (Å²) in [6.07, 6.45) is 3.62. The van der Waals surface area contributed by atoms with Crippen molar-refractivity contribution in [2.75, 3.05) is 19.0 Å². The zero-order valence-corrected chi connectivity index (χ0v) is 13.1. The molecule has 1 aromatic carbocycles. The second-order valence-electron chi connectivity index (χ2n) is 5.65. The van der Waals surface area contributed by atoms with Gasteiger partial charge in [-0.15, -0.1) is 0 Å². The van der Waals surface area contributed by atoms with Crippen molar-refractivity contribution in [3.05, 3.63) is 24.3 Å². The molecule has 2 unspecified atom stereocenters. The number of anilines is 1. The van der Waals surface area contributed by atoms with E-state index in [1.54, 1.807) is 7.11 Å². The van der Waals surface area contributed by atoms with Gasteiger partial charge in [-0.05, 0) is 51.0 Å². The monoisotopic (exact) mass is 291 g/mol. The normalized spacial score (nSPS) is 22.8. The number of methoxy groups -OCH3 is 1. The van der Waals surface area contributed by atoms with Gasteiger partial charge in [0.15, 0.2) is 0 Å². The molecule has 2 rings (SSSR count). The molecule has 0 spiro atoms. The molecule has 2 N–H and O–H groups in total. The van der Waals surface area contributed by atoms with Crippen LogP contribution in [0.1, 0.15) is 33.1 Å². The Bertz CT molecular complexity index is 451. The average molecular weight is 291 g/mol. The lowest BCUT2D eigenvalue weighted by molar-refractivity contribution is -0.117. The van der Waals surface area contributed by atoms with E-state index in [0.717, 1.165) is 11.4 Å². The molecule has 0 saturated carbocycles. The Balaban J connectivity index is 1.81. The van der Waals surface area contributed by atoms with Crippen LogP contribution in [0.25, 0.3) is 0 Å². The maximum absolute atomic E-state index is 12.0. The summed E-state index contributed by atoms with van der Waals surface area (Å²) in [6, 6.07) is 8.28. The van der Waals surface area contributed by atoms with Gasteiger partial charge in [0.05, 0.1) is 13.7 Å². The standard InChI is InChI=1S/C16H25N3O2/c1-12-5-4-6-13(2)19(12)17-11-16(20)18-14-7-9-15(21-3)10-8-14/h7-10,12-13,17H,4-6,11H2,1-3H3,(H,18,20). The number of hydrogen-bond acceptors (Lipinski definition) is 4. The number of rotatable bonds is 5. The highest BCUT2D eigenvalue weighted by molar-refractivity contribution is 5.92. The Hall–Kier alpha value is -1.59. The number of ether oxygens (including phenoxy) is 1. The number of carbonyl (C=O) groups excluding carboxylic acids is 1. The number of hydrogen-bond donors (Lipinski definition) is 2. The fourth-order valence-corrected chi connectivity index (χ4v) is 2.78. The highest BCUT2D eigenvalue weighted by Crippen LogP contribution is 2.20. The summed E-state index contributed by atoms with van der Waals surface area (Å²) < 4.78 is 5.09. The molecule has 21 heavy (non-hydrogen) atoms. The first-order valence-electron chi connectivity index (χ1n) is 7.56. The zero-order valence-electron chi connectivity index (χ0n) is 13.1. The molecular weight excluding hydrogens is 266 g/mol. The summed E-state index contributed by atoms with van der Waals surface area (Å²) in [5, 5.41) is 5.08. The summed E-state index contributed by atoms with van der Waals surface area (Å²) in [5.41, 5.74) is 4.04. The summed E-state index contributed by atoms with van der Waals surface area (Å²) in [7, 11) is 1.62. The molecule has 1 amide bonds. The lowest BCUT2D eigenvalue weighted by Gasteiger charge is -2.38. The molecule has 116 valence electrons. The summed E-state index contributed by atoms with van der Waals surface area (Å²) in [5.74, 6) is 0.743. The molecule has 1 fully saturated rings. The van der Waals surface area contributed by atoms with Crippen LogP contribution in [0.5, 0.6) is 5.75 Å². The summed E-state index contributed by atoms with van der Waals surface area (Å²) in [6.45, 7) is 4.69. The number of hydrazine groups is 1. The Morgan fingerprint density at radius 1 is 1.24 bits per heavy atom. The lowest BCUT2D eigenvalue weighted by Crippen LogP contribution is -2.53. The first-order chi connectivity index (χ1) is 10.1. The first-order valence-corrected chi connectivity index (χ1v) is 7.56. The van der Waals surface area contributed by atoms with E-state index in [0.29, 0.717) is 18.6 Å². The minimum atomic E-state index is -0.0369. The third-order valence-corrected chi connectivity index (χ3v) is 3.99. The average Bonchev–Trinajstić information content (AvgIpc) is 2.47.